The third-order valence-corrected chi connectivity index (χ3v) is 3.96. The second-order valence-electron chi connectivity index (χ2n) is 5.30. The summed E-state index contributed by atoms with van der Waals surface area (Å²) >= 11 is 0. The minimum absolute atomic E-state index is 0. The molecule has 1 N–H and O–H groups in total. The van der Waals surface area contributed by atoms with Gasteiger partial charge in [-0.1, -0.05) is 13.8 Å². The monoisotopic (exact) mass is 290 g/mol. The number of rotatable bonds is 2. The van der Waals surface area contributed by atoms with E-state index in [4.69, 9.17) is 0 Å². The van der Waals surface area contributed by atoms with Crippen LogP contribution in [-0.4, -0.2) is 43.5 Å². The molecule has 1 saturated heterocycles. The molecule has 1 heterocycles. The second-order valence-corrected chi connectivity index (χ2v) is 5.30. The van der Waals surface area contributed by atoms with Gasteiger partial charge in [0.1, 0.15) is 0 Å². The SMILES string of the molecule is CC1(C)C(CN2CCCNCC2)C1(F)F.Cl.Cl. The van der Waals surface area contributed by atoms with Crippen LogP contribution in [0.4, 0.5) is 8.78 Å². The molecule has 0 aromatic carbocycles. The van der Waals surface area contributed by atoms with Crippen molar-refractivity contribution in [3.05, 3.63) is 0 Å². The van der Waals surface area contributed by atoms with Crippen LogP contribution in [0.15, 0.2) is 0 Å². The molecule has 0 radical (unpaired) electrons. The van der Waals surface area contributed by atoms with Crippen LogP contribution < -0.4 is 5.32 Å². The zero-order valence-corrected chi connectivity index (χ0v) is 12.0. The topological polar surface area (TPSA) is 15.3 Å². The van der Waals surface area contributed by atoms with Gasteiger partial charge in [-0.3, -0.25) is 0 Å². The number of hydrogen-bond acceptors (Lipinski definition) is 2. The second kappa shape index (κ2) is 6.00. The summed E-state index contributed by atoms with van der Waals surface area (Å²) in [6.07, 6.45) is 1.07. The highest BCUT2D eigenvalue weighted by Crippen LogP contribution is 2.65. The van der Waals surface area contributed by atoms with Crippen molar-refractivity contribution >= 4 is 24.8 Å². The van der Waals surface area contributed by atoms with Gasteiger partial charge in [-0.25, -0.2) is 8.78 Å². The van der Waals surface area contributed by atoms with Gasteiger partial charge >= 0.3 is 0 Å². The molecule has 1 aliphatic carbocycles. The first kappa shape index (κ1) is 17.4. The van der Waals surface area contributed by atoms with E-state index in [0.717, 1.165) is 32.6 Å². The third-order valence-electron chi connectivity index (χ3n) is 3.96. The Balaban J connectivity index is 0.00000128. The zero-order valence-electron chi connectivity index (χ0n) is 10.3. The lowest BCUT2D eigenvalue weighted by Gasteiger charge is -2.19. The first-order chi connectivity index (χ1) is 6.96. The Morgan fingerprint density at radius 1 is 1.18 bits per heavy atom. The summed E-state index contributed by atoms with van der Waals surface area (Å²) in [7, 11) is 0. The largest absolute Gasteiger partial charge is 0.315 e. The molecule has 0 aromatic rings. The molecule has 0 aromatic heterocycles. The van der Waals surface area contributed by atoms with E-state index < -0.39 is 17.3 Å². The van der Waals surface area contributed by atoms with Crippen LogP contribution in [0.3, 0.4) is 0 Å². The highest BCUT2D eigenvalue weighted by Gasteiger charge is 2.74. The Morgan fingerprint density at radius 3 is 2.29 bits per heavy atom. The predicted octanol–water partition coefficient (Wildman–Crippen LogP) is 2.42. The summed E-state index contributed by atoms with van der Waals surface area (Å²) in [4.78, 5) is 2.17. The van der Waals surface area contributed by atoms with Gasteiger partial charge in [-0.15, -0.1) is 24.8 Å². The number of nitrogens with one attached hydrogen (secondary N) is 1. The van der Waals surface area contributed by atoms with E-state index in [2.05, 4.69) is 10.2 Å². The van der Waals surface area contributed by atoms with Crippen LogP contribution in [0.5, 0.6) is 0 Å². The average Bonchev–Trinajstić information content (AvgIpc) is 2.68. The highest BCUT2D eigenvalue weighted by molar-refractivity contribution is 5.85. The van der Waals surface area contributed by atoms with E-state index in [1.54, 1.807) is 13.8 Å². The molecule has 104 valence electrons. The normalized spacial score (nSPS) is 30.7. The molecular formula is C11H22Cl2F2N2. The van der Waals surface area contributed by atoms with Crippen LogP contribution in [0.25, 0.3) is 0 Å². The van der Waals surface area contributed by atoms with Crippen LogP contribution in [0, 0.1) is 11.3 Å². The van der Waals surface area contributed by atoms with Crippen molar-refractivity contribution in [2.45, 2.75) is 26.2 Å². The van der Waals surface area contributed by atoms with Gasteiger partial charge in [-0.2, -0.15) is 0 Å². The summed E-state index contributed by atoms with van der Waals surface area (Å²) in [6, 6.07) is 0. The molecule has 1 aliphatic heterocycles. The van der Waals surface area contributed by atoms with E-state index in [1.807, 2.05) is 0 Å². The first-order valence-electron chi connectivity index (χ1n) is 5.77. The highest BCUT2D eigenvalue weighted by atomic mass is 35.5. The smallest absolute Gasteiger partial charge is 0.258 e. The van der Waals surface area contributed by atoms with Crippen molar-refractivity contribution in [3.63, 3.8) is 0 Å². The van der Waals surface area contributed by atoms with Crippen molar-refractivity contribution in [2.24, 2.45) is 11.3 Å². The van der Waals surface area contributed by atoms with Gasteiger partial charge in [0.15, 0.2) is 0 Å². The van der Waals surface area contributed by atoms with Gasteiger partial charge in [0.05, 0.1) is 0 Å². The summed E-state index contributed by atoms with van der Waals surface area (Å²) in [6.45, 7) is 7.71. The molecule has 6 heteroatoms. The van der Waals surface area contributed by atoms with Gasteiger partial charge in [0, 0.05) is 31.0 Å². The van der Waals surface area contributed by atoms with Gasteiger partial charge in [0.25, 0.3) is 5.92 Å². The number of alkyl halides is 2. The summed E-state index contributed by atoms with van der Waals surface area (Å²) in [5, 5.41) is 3.28. The molecule has 2 aliphatic rings. The Morgan fingerprint density at radius 2 is 1.76 bits per heavy atom. The molecular weight excluding hydrogens is 269 g/mol. The molecule has 1 unspecified atom stereocenters. The first-order valence-corrected chi connectivity index (χ1v) is 5.77. The average molecular weight is 291 g/mol. The van der Waals surface area contributed by atoms with Gasteiger partial charge in [-0.05, 0) is 19.5 Å². The van der Waals surface area contributed by atoms with Crippen LogP contribution in [0.1, 0.15) is 20.3 Å². The minimum atomic E-state index is -2.45. The van der Waals surface area contributed by atoms with Crippen molar-refractivity contribution in [2.75, 3.05) is 32.7 Å². The van der Waals surface area contributed by atoms with Gasteiger partial charge < -0.3 is 10.2 Å². The summed E-state index contributed by atoms with van der Waals surface area (Å²) in [5.41, 5.74) is -0.785. The minimum Gasteiger partial charge on any atom is -0.315 e. The molecule has 1 atom stereocenters. The van der Waals surface area contributed by atoms with E-state index >= 15 is 0 Å². The lowest BCUT2D eigenvalue weighted by Crippen LogP contribution is -2.31. The van der Waals surface area contributed by atoms with E-state index in [-0.39, 0.29) is 24.8 Å². The summed E-state index contributed by atoms with van der Waals surface area (Å²) in [5.74, 6) is -2.89. The van der Waals surface area contributed by atoms with E-state index in [1.165, 1.54) is 0 Å². The summed E-state index contributed by atoms with van der Waals surface area (Å²) < 4.78 is 26.8. The van der Waals surface area contributed by atoms with Crippen LogP contribution >= 0.6 is 24.8 Å². The fourth-order valence-electron chi connectivity index (χ4n) is 2.44. The van der Waals surface area contributed by atoms with Crippen molar-refractivity contribution in [1.29, 1.82) is 0 Å². The van der Waals surface area contributed by atoms with Crippen LogP contribution in [0.2, 0.25) is 0 Å². The van der Waals surface area contributed by atoms with Crippen LogP contribution in [-0.2, 0) is 0 Å². The maximum Gasteiger partial charge on any atom is 0.258 e. The Bertz CT molecular complexity index is 228. The molecule has 2 rings (SSSR count). The molecule has 2 nitrogen and oxygen atoms in total. The maximum atomic E-state index is 13.4. The molecule has 2 fully saturated rings. The number of hydrogen-bond donors (Lipinski definition) is 1. The Hall–Kier alpha value is 0.360. The molecule has 0 bridgehead atoms. The number of halogens is 4. The fraction of sp³-hybridized carbons (Fsp3) is 1.00. The third kappa shape index (κ3) is 3.22. The van der Waals surface area contributed by atoms with Crippen molar-refractivity contribution < 1.29 is 8.78 Å². The fourth-order valence-corrected chi connectivity index (χ4v) is 2.44. The lowest BCUT2D eigenvalue weighted by atomic mass is 10.1. The van der Waals surface area contributed by atoms with Crippen molar-refractivity contribution in [1.82, 2.24) is 10.2 Å². The van der Waals surface area contributed by atoms with Crippen molar-refractivity contribution in [3.8, 4) is 0 Å². The molecule has 17 heavy (non-hydrogen) atoms. The van der Waals surface area contributed by atoms with E-state index in [9.17, 15) is 8.78 Å². The van der Waals surface area contributed by atoms with E-state index in [0.29, 0.717) is 6.54 Å². The zero-order chi connectivity index (χ0) is 11.1. The quantitative estimate of drug-likeness (QED) is 0.840. The maximum absolute atomic E-state index is 13.4. The Kier molecular flexibility index (Phi) is 6.13. The lowest BCUT2D eigenvalue weighted by molar-refractivity contribution is 0.0620. The standard InChI is InChI=1S/C11H20F2N2.2ClH/c1-10(2)9(11(10,12)13)8-15-6-3-4-14-5-7-15;;/h9,14H,3-8H2,1-2H3;2*1H. The molecule has 0 amide bonds. The molecule has 1 saturated carbocycles. The predicted molar refractivity (Wildman–Crippen MR) is 70.6 cm³/mol. The molecule has 0 spiro atoms. The Labute approximate surface area is 114 Å². The number of nitrogens with zero attached hydrogens (tertiary/aromatic N) is 1. The van der Waals surface area contributed by atoms with Gasteiger partial charge in [0.2, 0.25) is 0 Å².